The summed E-state index contributed by atoms with van der Waals surface area (Å²) in [5.41, 5.74) is 2.15. The molecular formula is C23H26N4O3S2. The van der Waals surface area contributed by atoms with E-state index in [0.717, 1.165) is 36.3 Å². The molecule has 2 heterocycles. The van der Waals surface area contributed by atoms with Crippen LogP contribution in [0.25, 0.3) is 10.6 Å². The highest BCUT2D eigenvalue weighted by atomic mass is 32.2. The molecule has 0 unspecified atom stereocenters. The molecule has 0 spiro atoms. The van der Waals surface area contributed by atoms with Gasteiger partial charge in [-0.2, -0.15) is 4.31 Å². The van der Waals surface area contributed by atoms with Gasteiger partial charge in [0.25, 0.3) is 0 Å². The van der Waals surface area contributed by atoms with Gasteiger partial charge in [-0.3, -0.25) is 9.78 Å². The van der Waals surface area contributed by atoms with E-state index in [-0.39, 0.29) is 23.3 Å². The lowest BCUT2D eigenvalue weighted by molar-refractivity contribution is -0.115. The highest BCUT2D eigenvalue weighted by molar-refractivity contribution is 7.89. The van der Waals surface area contributed by atoms with E-state index in [2.05, 4.69) is 15.3 Å². The number of hydrogen-bond donors (Lipinski definition) is 1. The Labute approximate surface area is 192 Å². The van der Waals surface area contributed by atoms with Crippen LogP contribution in [0.5, 0.6) is 0 Å². The Morgan fingerprint density at radius 3 is 2.59 bits per heavy atom. The van der Waals surface area contributed by atoms with Crippen molar-refractivity contribution >= 4 is 33.0 Å². The maximum absolute atomic E-state index is 13.0. The van der Waals surface area contributed by atoms with Crippen LogP contribution in [0, 0.1) is 0 Å². The first-order chi connectivity index (χ1) is 15.4. The van der Waals surface area contributed by atoms with Crippen LogP contribution < -0.4 is 5.32 Å². The molecule has 1 saturated carbocycles. The van der Waals surface area contributed by atoms with E-state index < -0.39 is 10.0 Å². The molecule has 1 aliphatic rings. The van der Waals surface area contributed by atoms with Crippen molar-refractivity contribution in [2.24, 2.45) is 0 Å². The van der Waals surface area contributed by atoms with Crippen LogP contribution in [0.4, 0.5) is 5.69 Å². The number of carbonyl (C=O) groups excluding carboxylic acids is 1. The standard InChI is InChI=1S/C23H26N4O3S2/c1-27(20-7-3-2-4-8-20)32(29,30)21-11-9-18(10-12-21)25-22(28)14-19-16-31-23(26-19)17-6-5-13-24-15-17/h5-6,9-13,15-16,20H,2-4,7-8,14H2,1H3,(H,25,28). The number of sulfonamides is 1. The van der Waals surface area contributed by atoms with Crippen molar-refractivity contribution < 1.29 is 13.2 Å². The van der Waals surface area contributed by atoms with Crippen LogP contribution in [0.15, 0.2) is 59.1 Å². The summed E-state index contributed by atoms with van der Waals surface area (Å²) in [7, 11) is -1.89. The number of carbonyl (C=O) groups is 1. The lowest BCUT2D eigenvalue weighted by atomic mass is 9.96. The molecule has 32 heavy (non-hydrogen) atoms. The van der Waals surface area contributed by atoms with Crippen LogP contribution in [0.1, 0.15) is 37.8 Å². The first-order valence-electron chi connectivity index (χ1n) is 10.7. The van der Waals surface area contributed by atoms with E-state index >= 15 is 0 Å². The number of nitrogens with one attached hydrogen (secondary N) is 1. The van der Waals surface area contributed by atoms with E-state index in [1.165, 1.54) is 22.1 Å². The SMILES string of the molecule is CN(C1CCCCC1)S(=O)(=O)c1ccc(NC(=O)Cc2csc(-c3cccnc3)n2)cc1. The van der Waals surface area contributed by atoms with Crippen LogP contribution in [0.2, 0.25) is 0 Å². The predicted octanol–water partition coefficient (Wildman–Crippen LogP) is 4.34. The Bertz CT molecular complexity index is 1160. The number of hydrogen-bond acceptors (Lipinski definition) is 6. The Balaban J connectivity index is 1.37. The van der Waals surface area contributed by atoms with Gasteiger partial charge in [-0.05, 0) is 49.2 Å². The molecule has 1 fully saturated rings. The Hall–Kier alpha value is -2.62. The second kappa shape index (κ2) is 9.89. The van der Waals surface area contributed by atoms with E-state index in [0.29, 0.717) is 11.4 Å². The lowest BCUT2D eigenvalue weighted by Gasteiger charge is -2.30. The maximum atomic E-state index is 13.0. The Morgan fingerprint density at radius 1 is 1.16 bits per heavy atom. The van der Waals surface area contributed by atoms with E-state index in [9.17, 15) is 13.2 Å². The molecule has 1 N–H and O–H groups in total. The van der Waals surface area contributed by atoms with Crippen LogP contribution in [-0.2, 0) is 21.2 Å². The third kappa shape index (κ3) is 5.23. The van der Waals surface area contributed by atoms with Crippen molar-refractivity contribution in [1.29, 1.82) is 0 Å². The quantitative estimate of drug-likeness (QED) is 0.555. The van der Waals surface area contributed by atoms with Gasteiger partial charge in [0.15, 0.2) is 0 Å². The molecule has 7 nitrogen and oxygen atoms in total. The third-order valence-electron chi connectivity index (χ3n) is 5.71. The summed E-state index contributed by atoms with van der Waals surface area (Å²) in [5.74, 6) is -0.206. The fraction of sp³-hybridized carbons (Fsp3) is 0.348. The number of nitrogens with zero attached hydrogens (tertiary/aromatic N) is 3. The summed E-state index contributed by atoms with van der Waals surface area (Å²) in [6.45, 7) is 0. The second-order valence-corrected chi connectivity index (χ2v) is 10.8. The highest BCUT2D eigenvalue weighted by Gasteiger charge is 2.28. The van der Waals surface area contributed by atoms with Crippen molar-refractivity contribution in [3.63, 3.8) is 0 Å². The van der Waals surface area contributed by atoms with E-state index in [1.807, 2.05) is 17.5 Å². The van der Waals surface area contributed by atoms with Gasteiger partial charge in [-0.1, -0.05) is 19.3 Å². The fourth-order valence-corrected chi connectivity index (χ4v) is 6.12. The molecule has 168 valence electrons. The van der Waals surface area contributed by atoms with Crippen LogP contribution in [0.3, 0.4) is 0 Å². The van der Waals surface area contributed by atoms with Crippen molar-refractivity contribution in [3.8, 4) is 10.6 Å². The van der Waals surface area contributed by atoms with Gasteiger partial charge in [-0.15, -0.1) is 11.3 Å². The first kappa shape index (κ1) is 22.6. The molecule has 1 aromatic carbocycles. The minimum absolute atomic E-state index is 0.0581. The normalized spacial score (nSPS) is 15.1. The maximum Gasteiger partial charge on any atom is 0.243 e. The molecule has 0 saturated heterocycles. The molecule has 4 rings (SSSR count). The zero-order chi connectivity index (χ0) is 22.6. The zero-order valence-corrected chi connectivity index (χ0v) is 19.5. The third-order valence-corrected chi connectivity index (χ3v) is 8.57. The minimum Gasteiger partial charge on any atom is -0.326 e. The fourth-order valence-electron chi connectivity index (χ4n) is 3.90. The number of aromatic nitrogens is 2. The highest BCUT2D eigenvalue weighted by Crippen LogP contribution is 2.27. The number of rotatable bonds is 7. The molecule has 0 aliphatic heterocycles. The van der Waals surface area contributed by atoms with Gasteiger partial charge in [0.05, 0.1) is 17.0 Å². The van der Waals surface area contributed by atoms with Crippen molar-refractivity contribution in [2.45, 2.75) is 49.5 Å². The van der Waals surface area contributed by atoms with Crippen molar-refractivity contribution in [1.82, 2.24) is 14.3 Å². The van der Waals surface area contributed by atoms with Crippen molar-refractivity contribution in [3.05, 3.63) is 59.9 Å². The summed E-state index contributed by atoms with van der Waals surface area (Å²) in [5, 5.41) is 5.49. The minimum atomic E-state index is -3.55. The smallest absolute Gasteiger partial charge is 0.243 e. The molecule has 1 amide bonds. The topological polar surface area (TPSA) is 92.3 Å². The van der Waals surface area contributed by atoms with E-state index in [1.54, 1.807) is 43.7 Å². The van der Waals surface area contributed by atoms with Gasteiger partial charge < -0.3 is 5.32 Å². The summed E-state index contributed by atoms with van der Waals surface area (Å²) in [6.07, 6.45) is 8.70. The van der Waals surface area contributed by atoms with E-state index in [4.69, 9.17) is 0 Å². The lowest BCUT2D eigenvalue weighted by Crippen LogP contribution is -2.38. The molecule has 0 bridgehead atoms. The molecule has 0 atom stereocenters. The number of anilines is 1. The summed E-state index contributed by atoms with van der Waals surface area (Å²) < 4.78 is 27.4. The average Bonchev–Trinajstić information content (AvgIpc) is 3.28. The van der Waals surface area contributed by atoms with Gasteiger partial charge in [0, 0.05) is 42.1 Å². The van der Waals surface area contributed by atoms with Gasteiger partial charge in [0.2, 0.25) is 15.9 Å². The molecule has 2 aromatic heterocycles. The molecular weight excluding hydrogens is 444 g/mol. The number of thiazole rings is 1. The first-order valence-corrected chi connectivity index (χ1v) is 13.0. The summed E-state index contributed by atoms with van der Waals surface area (Å²) >= 11 is 1.47. The van der Waals surface area contributed by atoms with Gasteiger partial charge >= 0.3 is 0 Å². The van der Waals surface area contributed by atoms with Gasteiger partial charge in [-0.25, -0.2) is 13.4 Å². The summed E-state index contributed by atoms with van der Waals surface area (Å²) in [6, 6.07) is 10.2. The number of benzene rings is 1. The average molecular weight is 471 g/mol. The largest absolute Gasteiger partial charge is 0.326 e. The number of pyridine rings is 1. The van der Waals surface area contributed by atoms with Crippen molar-refractivity contribution in [2.75, 3.05) is 12.4 Å². The molecule has 0 radical (unpaired) electrons. The number of amides is 1. The summed E-state index contributed by atoms with van der Waals surface area (Å²) in [4.78, 5) is 21.3. The monoisotopic (exact) mass is 470 g/mol. The Morgan fingerprint density at radius 2 is 1.91 bits per heavy atom. The zero-order valence-electron chi connectivity index (χ0n) is 17.9. The molecule has 1 aliphatic carbocycles. The van der Waals surface area contributed by atoms with Gasteiger partial charge in [0.1, 0.15) is 5.01 Å². The molecule has 9 heteroatoms. The van der Waals surface area contributed by atoms with Crippen LogP contribution >= 0.6 is 11.3 Å². The predicted molar refractivity (Wildman–Crippen MR) is 126 cm³/mol. The van der Waals surface area contributed by atoms with Crippen LogP contribution in [-0.4, -0.2) is 41.7 Å². The second-order valence-electron chi connectivity index (χ2n) is 7.95. The molecule has 3 aromatic rings. The Kier molecular flexibility index (Phi) is 6.98.